The third-order valence-electron chi connectivity index (χ3n) is 4.62. The van der Waals surface area contributed by atoms with Crippen molar-refractivity contribution in [3.05, 3.63) is 41.6 Å². The number of amides is 1. The molecule has 2 heterocycles. The highest BCUT2D eigenvalue weighted by atomic mass is 32.2. The standard InChI is InChI=1S/C20H26FN3O2S/c1-12-6-7-13(8-15(12)21)16-10-22-18(23-16)17-9-14(27-5)11-24(17)19(25)26-20(2,3)4/h6-8,10,14,17H,9,11H2,1-5H3,(H,22,23)/t14-,17-/m0/s1. The minimum Gasteiger partial charge on any atom is -0.444 e. The fourth-order valence-corrected chi connectivity index (χ4v) is 3.85. The second-order valence-electron chi connectivity index (χ2n) is 7.89. The van der Waals surface area contributed by atoms with Gasteiger partial charge in [0.05, 0.1) is 17.9 Å². The summed E-state index contributed by atoms with van der Waals surface area (Å²) < 4.78 is 19.5. The van der Waals surface area contributed by atoms with Crippen molar-refractivity contribution >= 4 is 17.9 Å². The Balaban J connectivity index is 1.85. The summed E-state index contributed by atoms with van der Waals surface area (Å²) in [7, 11) is 0. The first kappa shape index (κ1) is 19.7. The molecule has 0 saturated carbocycles. The van der Waals surface area contributed by atoms with Crippen LogP contribution >= 0.6 is 11.8 Å². The number of hydrogen-bond acceptors (Lipinski definition) is 4. The third kappa shape index (κ3) is 4.46. The second kappa shape index (κ2) is 7.54. The molecule has 7 heteroatoms. The molecule has 146 valence electrons. The first-order chi connectivity index (χ1) is 12.7. The number of thioether (sulfide) groups is 1. The highest BCUT2D eigenvalue weighted by Gasteiger charge is 2.39. The van der Waals surface area contributed by atoms with Crippen molar-refractivity contribution in [2.24, 2.45) is 0 Å². The number of imidazole rings is 1. The molecule has 0 aliphatic carbocycles. The topological polar surface area (TPSA) is 58.2 Å². The van der Waals surface area contributed by atoms with Crippen LogP contribution in [-0.4, -0.2) is 44.6 Å². The molecule has 1 aliphatic rings. The summed E-state index contributed by atoms with van der Waals surface area (Å²) in [5, 5.41) is 0.327. The summed E-state index contributed by atoms with van der Waals surface area (Å²) in [6.07, 6.45) is 4.21. The molecule has 0 spiro atoms. The van der Waals surface area contributed by atoms with Crippen LogP contribution in [-0.2, 0) is 4.74 Å². The molecule has 1 aromatic heterocycles. The van der Waals surface area contributed by atoms with Gasteiger partial charge in [0.25, 0.3) is 0 Å². The number of aromatic amines is 1. The van der Waals surface area contributed by atoms with Gasteiger partial charge in [-0.15, -0.1) is 0 Å². The Hall–Kier alpha value is -2.02. The lowest BCUT2D eigenvalue weighted by Crippen LogP contribution is -2.37. The van der Waals surface area contributed by atoms with Gasteiger partial charge in [0, 0.05) is 17.4 Å². The number of aromatic nitrogens is 2. The molecular formula is C20H26FN3O2S. The van der Waals surface area contributed by atoms with E-state index in [1.165, 1.54) is 6.07 Å². The van der Waals surface area contributed by atoms with Crippen molar-refractivity contribution in [2.75, 3.05) is 12.8 Å². The molecular weight excluding hydrogens is 365 g/mol. The summed E-state index contributed by atoms with van der Waals surface area (Å²) in [4.78, 5) is 22.2. The molecule has 1 fully saturated rings. The van der Waals surface area contributed by atoms with Gasteiger partial charge in [-0.3, -0.25) is 4.90 Å². The Morgan fingerprint density at radius 3 is 2.78 bits per heavy atom. The van der Waals surface area contributed by atoms with Crippen LogP contribution in [0, 0.1) is 12.7 Å². The van der Waals surface area contributed by atoms with Crippen LogP contribution in [0.4, 0.5) is 9.18 Å². The van der Waals surface area contributed by atoms with E-state index in [0.717, 1.165) is 17.7 Å². The van der Waals surface area contributed by atoms with Crippen molar-refractivity contribution in [1.29, 1.82) is 0 Å². The molecule has 2 atom stereocenters. The zero-order valence-corrected chi connectivity index (χ0v) is 17.2. The number of likely N-dealkylation sites (tertiary alicyclic amines) is 1. The second-order valence-corrected chi connectivity index (χ2v) is 9.03. The summed E-state index contributed by atoms with van der Waals surface area (Å²) in [5.41, 5.74) is 1.53. The van der Waals surface area contributed by atoms with Crippen LogP contribution in [0.1, 0.15) is 44.6 Å². The number of carbonyl (C=O) groups is 1. The molecule has 3 rings (SSSR count). The number of H-pyrrole nitrogens is 1. The maximum absolute atomic E-state index is 13.9. The monoisotopic (exact) mass is 391 g/mol. The first-order valence-corrected chi connectivity index (χ1v) is 10.3. The number of hydrogen-bond donors (Lipinski definition) is 1. The fraction of sp³-hybridized carbons (Fsp3) is 0.500. The summed E-state index contributed by atoms with van der Waals surface area (Å²) >= 11 is 1.74. The maximum Gasteiger partial charge on any atom is 0.410 e. The summed E-state index contributed by atoms with van der Waals surface area (Å²) in [6.45, 7) is 7.93. The minimum atomic E-state index is -0.549. The molecule has 0 bridgehead atoms. The lowest BCUT2D eigenvalue weighted by atomic mass is 10.1. The number of nitrogens with one attached hydrogen (secondary N) is 1. The van der Waals surface area contributed by atoms with Crippen molar-refractivity contribution in [2.45, 2.75) is 51.0 Å². The van der Waals surface area contributed by atoms with Crippen molar-refractivity contribution < 1.29 is 13.9 Å². The van der Waals surface area contributed by atoms with Gasteiger partial charge in [-0.05, 0) is 52.0 Å². The lowest BCUT2D eigenvalue weighted by Gasteiger charge is -2.27. The number of benzene rings is 1. The van der Waals surface area contributed by atoms with Crippen LogP contribution in [0.5, 0.6) is 0 Å². The zero-order valence-electron chi connectivity index (χ0n) is 16.4. The Morgan fingerprint density at radius 1 is 1.41 bits per heavy atom. The van der Waals surface area contributed by atoms with Gasteiger partial charge in [-0.1, -0.05) is 12.1 Å². The van der Waals surface area contributed by atoms with Gasteiger partial charge < -0.3 is 9.72 Å². The van der Waals surface area contributed by atoms with Crippen molar-refractivity contribution in [3.8, 4) is 11.3 Å². The van der Waals surface area contributed by atoms with Crippen molar-refractivity contribution in [3.63, 3.8) is 0 Å². The van der Waals surface area contributed by atoms with E-state index in [-0.39, 0.29) is 18.0 Å². The van der Waals surface area contributed by atoms with Gasteiger partial charge in [-0.25, -0.2) is 14.2 Å². The van der Waals surface area contributed by atoms with E-state index in [2.05, 4.69) is 9.97 Å². The molecule has 27 heavy (non-hydrogen) atoms. The number of carbonyl (C=O) groups excluding carboxylic acids is 1. The van der Waals surface area contributed by atoms with Crippen LogP contribution in [0.15, 0.2) is 24.4 Å². The van der Waals surface area contributed by atoms with Gasteiger partial charge in [0.2, 0.25) is 0 Å². The van der Waals surface area contributed by atoms with E-state index < -0.39 is 5.60 Å². The van der Waals surface area contributed by atoms with Crippen LogP contribution in [0.2, 0.25) is 0 Å². The first-order valence-electron chi connectivity index (χ1n) is 9.02. The van der Waals surface area contributed by atoms with Crippen LogP contribution in [0.25, 0.3) is 11.3 Å². The number of aryl methyl sites for hydroxylation is 1. The summed E-state index contributed by atoms with van der Waals surface area (Å²) in [6, 6.07) is 4.93. The van der Waals surface area contributed by atoms with Crippen LogP contribution in [0.3, 0.4) is 0 Å². The average Bonchev–Trinajstić information content (AvgIpc) is 3.22. The normalized spacial score (nSPS) is 20.1. The largest absolute Gasteiger partial charge is 0.444 e. The molecule has 1 N–H and O–H groups in total. The molecule has 0 unspecified atom stereocenters. The number of ether oxygens (including phenoxy) is 1. The Labute approximate surface area is 163 Å². The predicted octanol–water partition coefficient (Wildman–Crippen LogP) is 4.94. The van der Waals surface area contributed by atoms with Crippen molar-refractivity contribution in [1.82, 2.24) is 14.9 Å². The SMILES string of the molecule is CS[C@H]1C[C@@H](c2ncc(-c3ccc(C)c(F)c3)[nH]2)N(C(=O)OC(C)(C)C)C1. The van der Waals surface area contributed by atoms with E-state index >= 15 is 0 Å². The number of rotatable bonds is 3. The average molecular weight is 392 g/mol. The third-order valence-corrected chi connectivity index (χ3v) is 5.63. The molecule has 1 amide bonds. The molecule has 1 aromatic carbocycles. The highest BCUT2D eigenvalue weighted by molar-refractivity contribution is 7.99. The molecule has 1 aliphatic heterocycles. The number of nitrogens with zero attached hydrogens (tertiary/aromatic N) is 2. The highest BCUT2D eigenvalue weighted by Crippen LogP contribution is 2.37. The lowest BCUT2D eigenvalue weighted by molar-refractivity contribution is 0.0219. The van der Waals surface area contributed by atoms with Gasteiger partial charge >= 0.3 is 6.09 Å². The molecule has 5 nitrogen and oxygen atoms in total. The number of halogens is 1. The quantitative estimate of drug-likeness (QED) is 0.805. The Morgan fingerprint density at radius 2 is 2.15 bits per heavy atom. The fourth-order valence-electron chi connectivity index (χ4n) is 3.16. The smallest absolute Gasteiger partial charge is 0.410 e. The summed E-state index contributed by atoms with van der Waals surface area (Å²) in [5.74, 6) is 0.454. The Bertz CT molecular complexity index is 831. The zero-order chi connectivity index (χ0) is 19.8. The molecule has 1 saturated heterocycles. The van der Waals surface area contributed by atoms with Crippen LogP contribution < -0.4 is 0 Å². The van der Waals surface area contributed by atoms with Gasteiger partial charge in [0.1, 0.15) is 17.2 Å². The molecule has 0 radical (unpaired) electrons. The Kier molecular flexibility index (Phi) is 5.51. The van der Waals surface area contributed by atoms with Gasteiger partial charge in [0.15, 0.2) is 0 Å². The van der Waals surface area contributed by atoms with E-state index in [1.807, 2.05) is 33.1 Å². The minimum absolute atomic E-state index is 0.179. The van der Waals surface area contributed by atoms with E-state index in [0.29, 0.717) is 23.2 Å². The predicted molar refractivity (Wildman–Crippen MR) is 106 cm³/mol. The van der Waals surface area contributed by atoms with E-state index in [4.69, 9.17) is 4.74 Å². The van der Waals surface area contributed by atoms with E-state index in [9.17, 15) is 9.18 Å². The molecule has 2 aromatic rings. The van der Waals surface area contributed by atoms with E-state index in [1.54, 1.807) is 35.8 Å². The van der Waals surface area contributed by atoms with Gasteiger partial charge in [-0.2, -0.15) is 11.8 Å². The maximum atomic E-state index is 13.9.